The van der Waals surface area contributed by atoms with Gasteiger partial charge >= 0.3 is 5.97 Å². The summed E-state index contributed by atoms with van der Waals surface area (Å²) >= 11 is 7.78. The number of carboxylic acid groups (broad SMARTS) is 1. The SMILES string of the molecule is COCCN(c1ccc2c(=O)c3ccc(Cl)c(SC)c3n(CC(=O)O)c2n1)C1CC(OC)C1. The zero-order valence-electron chi connectivity index (χ0n) is 18.7. The van der Waals surface area contributed by atoms with Crippen LogP contribution in [0.4, 0.5) is 5.82 Å². The minimum absolute atomic E-state index is 0.195. The van der Waals surface area contributed by atoms with Crippen LogP contribution in [-0.2, 0) is 20.8 Å². The van der Waals surface area contributed by atoms with Crippen LogP contribution in [0, 0.1) is 0 Å². The first-order chi connectivity index (χ1) is 15.9. The van der Waals surface area contributed by atoms with Crippen LogP contribution < -0.4 is 10.3 Å². The Kier molecular flexibility index (Phi) is 7.13. The van der Waals surface area contributed by atoms with Gasteiger partial charge in [0, 0.05) is 32.2 Å². The van der Waals surface area contributed by atoms with Crippen molar-refractivity contribution in [3.63, 3.8) is 0 Å². The fourth-order valence-corrected chi connectivity index (χ4v) is 5.43. The number of pyridine rings is 2. The molecule has 0 atom stereocenters. The number of hydrogen-bond acceptors (Lipinski definition) is 7. The lowest BCUT2D eigenvalue weighted by atomic mass is 9.87. The Hall–Kier alpha value is -2.33. The van der Waals surface area contributed by atoms with E-state index in [1.54, 1.807) is 37.0 Å². The van der Waals surface area contributed by atoms with Crippen molar-refractivity contribution in [2.45, 2.75) is 36.4 Å². The Balaban J connectivity index is 1.95. The maximum Gasteiger partial charge on any atom is 0.323 e. The number of hydrogen-bond donors (Lipinski definition) is 1. The number of anilines is 1. The van der Waals surface area contributed by atoms with Crippen LogP contribution in [0.2, 0.25) is 5.02 Å². The lowest BCUT2D eigenvalue weighted by Crippen LogP contribution is -2.49. The Labute approximate surface area is 200 Å². The highest BCUT2D eigenvalue weighted by Crippen LogP contribution is 2.35. The van der Waals surface area contributed by atoms with Gasteiger partial charge in [0.15, 0.2) is 5.43 Å². The van der Waals surface area contributed by atoms with Crippen molar-refractivity contribution in [2.75, 3.05) is 38.5 Å². The number of rotatable bonds is 9. The van der Waals surface area contributed by atoms with Crippen LogP contribution in [0.15, 0.2) is 34.0 Å². The van der Waals surface area contributed by atoms with Crippen molar-refractivity contribution in [3.05, 3.63) is 39.5 Å². The molecular formula is C23H26ClN3O5S. The fraction of sp³-hybridized carbons (Fsp3) is 0.435. The lowest BCUT2D eigenvalue weighted by molar-refractivity contribution is -0.137. The van der Waals surface area contributed by atoms with Gasteiger partial charge in [0.05, 0.1) is 33.5 Å². The van der Waals surface area contributed by atoms with Crippen LogP contribution >= 0.6 is 23.4 Å². The third kappa shape index (κ3) is 4.42. The minimum Gasteiger partial charge on any atom is -0.480 e. The van der Waals surface area contributed by atoms with Crippen molar-refractivity contribution in [1.29, 1.82) is 0 Å². The molecule has 3 aromatic rings. The number of aliphatic carboxylic acids is 1. The molecule has 1 N–H and O–H groups in total. The number of halogens is 1. The van der Waals surface area contributed by atoms with E-state index in [4.69, 9.17) is 26.1 Å². The Morgan fingerprint density at radius 2 is 2.00 bits per heavy atom. The summed E-state index contributed by atoms with van der Waals surface area (Å²) in [6, 6.07) is 7.10. The van der Waals surface area contributed by atoms with Crippen LogP contribution in [0.25, 0.3) is 21.9 Å². The van der Waals surface area contributed by atoms with Gasteiger partial charge in [0.2, 0.25) is 0 Å². The molecule has 1 fully saturated rings. The summed E-state index contributed by atoms with van der Waals surface area (Å²) in [7, 11) is 3.36. The maximum absolute atomic E-state index is 13.3. The number of carbonyl (C=O) groups is 1. The molecule has 4 rings (SSSR count). The summed E-state index contributed by atoms with van der Waals surface area (Å²) in [6.07, 6.45) is 3.79. The predicted octanol–water partition coefficient (Wildman–Crippen LogP) is 3.64. The molecule has 0 spiro atoms. The van der Waals surface area contributed by atoms with E-state index in [0.29, 0.717) is 50.8 Å². The molecule has 10 heteroatoms. The van der Waals surface area contributed by atoms with E-state index in [9.17, 15) is 14.7 Å². The number of thioether (sulfide) groups is 1. The predicted molar refractivity (Wildman–Crippen MR) is 131 cm³/mol. The van der Waals surface area contributed by atoms with Gasteiger partial charge in [-0.2, -0.15) is 0 Å². The van der Waals surface area contributed by atoms with Crippen molar-refractivity contribution >= 4 is 57.1 Å². The van der Waals surface area contributed by atoms with Gasteiger partial charge < -0.3 is 24.0 Å². The molecular weight excluding hydrogens is 466 g/mol. The highest BCUT2D eigenvalue weighted by atomic mass is 35.5. The molecule has 2 heterocycles. The average molecular weight is 492 g/mol. The van der Waals surface area contributed by atoms with Gasteiger partial charge in [0.25, 0.3) is 0 Å². The second-order valence-electron chi connectivity index (χ2n) is 8.00. The normalized spacial score (nSPS) is 17.9. The molecule has 1 aromatic carbocycles. The standard InChI is InChI=1S/C23H26ClN3O5S/c1-31-9-8-26(13-10-14(11-13)32-2)18-7-5-16-21(30)15-4-6-17(24)22(33-3)20(15)27(12-19(28)29)23(16)25-18/h4-7,13-14H,8-12H2,1-3H3,(H,28,29). The van der Waals surface area contributed by atoms with Gasteiger partial charge in [-0.3, -0.25) is 9.59 Å². The zero-order chi connectivity index (χ0) is 23.7. The summed E-state index contributed by atoms with van der Waals surface area (Å²) in [5.74, 6) is -0.358. The van der Waals surface area contributed by atoms with Crippen molar-refractivity contribution in [2.24, 2.45) is 0 Å². The topological polar surface area (TPSA) is 93.9 Å². The molecule has 0 amide bonds. The van der Waals surface area contributed by atoms with Gasteiger partial charge in [-0.1, -0.05) is 11.6 Å². The van der Waals surface area contributed by atoms with E-state index in [2.05, 4.69) is 4.90 Å². The van der Waals surface area contributed by atoms with E-state index in [-0.39, 0.29) is 24.1 Å². The van der Waals surface area contributed by atoms with Crippen LogP contribution in [0.3, 0.4) is 0 Å². The lowest BCUT2D eigenvalue weighted by Gasteiger charge is -2.42. The van der Waals surface area contributed by atoms with Gasteiger partial charge in [-0.25, -0.2) is 4.98 Å². The van der Waals surface area contributed by atoms with Crippen LogP contribution in [-0.4, -0.2) is 66.4 Å². The van der Waals surface area contributed by atoms with Crippen LogP contribution in [0.1, 0.15) is 12.8 Å². The quantitative estimate of drug-likeness (QED) is 0.358. The van der Waals surface area contributed by atoms with Gasteiger partial charge in [0.1, 0.15) is 18.0 Å². The molecule has 0 radical (unpaired) electrons. The number of nitrogens with zero attached hydrogens (tertiary/aromatic N) is 3. The number of aromatic nitrogens is 2. The highest BCUT2D eigenvalue weighted by molar-refractivity contribution is 7.99. The van der Waals surface area contributed by atoms with Crippen molar-refractivity contribution < 1.29 is 19.4 Å². The molecule has 0 saturated heterocycles. The third-order valence-corrected chi connectivity index (χ3v) is 7.38. The Morgan fingerprint density at radius 3 is 2.64 bits per heavy atom. The zero-order valence-corrected chi connectivity index (χ0v) is 20.3. The van der Waals surface area contributed by atoms with Crippen molar-refractivity contribution in [1.82, 2.24) is 9.55 Å². The first-order valence-corrected chi connectivity index (χ1v) is 12.2. The molecule has 1 saturated carbocycles. The Bertz CT molecular complexity index is 1260. The second kappa shape index (κ2) is 9.89. The largest absolute Gasteiger partial charge is 0.480 e. The molecule has 176 valence electrons. The molecule has 33 heavy (non-hydrogen) atoms. The maximum atomic E-state index is 13.3. The van der Waals surface area contributed by atoms with E-state index in [0.717, 1.165) is 12.8 Å². The molecule has 0 bridgehead atoms. The highest BCUT2D eigenvalue weighted by Gasteiger charge is 2.34. The van der Waals surface area contributed by atoms with E-state index in [1.165, 1.54) is 11.8 Å². The number of ether oxygens (including phenoxy) is 2. The number of carboxylic acids is 1. The third-order valence-electron chi connectivity index (χ3n) is 6.13. The molecule has 1 aliphatic carbocycles. The summed E-state index contributed by atoms with van der Waals surface area (Å²) in [4.78, 5) is 32.8. The minimum atomic E-state index is -1.03. The molecule has 8 nitrogen and oxygen atoms in total. The smallest absolute Gasteiger partial charge is 0.323 e. The van der Waals surface area contributed by atoms with Gasteiger partial charge in [-0.05, 0) is 43.4 Å². The van der Waals surface area contributed by atoms with Crippen LogP contribution in [0.5, 0.6) is 0 Å². The number of fused-ring (bicyclic) bond motifs is 2. The molecule has 0 unspecified atom stereocenters. The Morgan fingerprint density at radius 1 is 1.27 bits per heavy atom. The fourth-order valence-electron chi connectivity index (χ4n) is 4.37. The van der Waals surface area contributed by atoms with Gasteiger partial charge in [-0.15, -0.1) is 11.8 Å². The summed E-state index contributed by atoms with van der Waals surface area (Å²) < 4.78 is 12.3. The van der Waals surface area contributed by atoms with Crippen molar-refractivity contribution in [3.8, 4) is 0 Å². The van der Waals surface area contributed by atoms with E-state index in [1.807, 2.05) is 12.3 Å². The average Bonchev–Trinajstić information content (AvgIpc) is 2.77. The second-order valence-corrected chi connectivity index (χ2v) is 9.22. The summed E-state index contributed by atoms with van der Waals surface area (Å²) in [5.41, 5.74) is 0.625. The molecule has 1 aliphatic rings. The first-order valence-electron chi connectivity index (χ1n) is 10.6. The first kappa shape index (κ1) is 23.8. The molecule has 2 aromatic heterocycles. The van der Waals surface area contributed by atoms with E-state index < -0.39 is 5.97 Å². The van der Waals surface area contributed by atoms with E-state index >= 15 is 0 Å². The number of methoxy groups -OCH3 is 2. The summed E-state index contributed by atoms with van der Waals surface area (Å²) in [5, 5.41) is 10.9. The number of benzene rings is 1. The summed E-state index contributed by atoms with van der Waals surface area (Å²) in [6.45, 7) is 0.791. The monoisotopic (exact) mass is 491 g/mol. The molecule has 0 aliphatic heterocycles.